The molecule has 1 heterocycles. The summed E-state index contributed by atoms with van der Waals surface area (Å²) in [6.07, 6.45) is 2.58. The second-order valence-electron chi connectivity index (χ2n) is 5.68. The quantitative estimate of drug-likeness (QED) is 0.830. The summed E-state index contributed by atoms with van der Waals surface area (Å²) in [7, 11) is 0. The fraction of sp³-hybridized carbons (Fsp3) is 0.833. The van der Waals surface area contributed by atoms with Crippen LogP contribution in [0.5, 0.6) is 0 Å². The Hall–Kier alpha value is -0.900. The molecule has 1 rings (SSSR count). The SMILES string of the molecule is CC(C)Cn1ncnc1CCNC(C)(C)C. The normalized spacial score (nSPS) is 12.4. The predicted octanol–water partition coefficient (Wildman–Crippen LogP) is 1.86. The molecule has 0 aliphatic carbocycles. The third-order valence-electron chi connectivity index (χ3n) is 2.24. The van der Waals surface area contributed by atoms with Crippen molar-refractivity contribution in [2.75, 3.05) is 6.54 Å². The Labute approximate surface area is 98.5 Å². The van der Waals surface area contributed by atoms with Crippen molar-refractivity contribution in [2.24, 2.45) is 5.92 Å². The van der Waals surface area contributed by atoms with Gasteiger partial charge in [0.05, 0.1) is 0 Å². The van der Waals surface area contributed by atoms with Gasteiger partial charge in [-0.2, -0.15) is 5.10 Å². The standard InChI is InChI=1S/C12H24N4/c1-10(2)8-16-11(13-9-15-16)6-7-14-12(3,4)5/h9-10,14H,6-8H2,1-5H3. The van der Waals surface area contributed by atoms with Crippen LogP contribution >= 0.6 is 0 Å². The highest BCUT2D eigenvalue weighted by Crippen LogP contribution is 2.03. The average molecular weight is 224 g/mol. The third-order valence-corrected chi connectivity index (χ3v) is 2.24. The van der Waals surface area contributed by atoms with E-state index in [0.29, 0.717) is 5.92 Å². The Balaban J connectivity index is 2.45. The minimum absolute atomic E-state index is 0.170. The van der Waals surface area contributed by atoms with Crippen molar-refractivity contribution < 1.29 is 0 Å². The van der Waals surface area contributed by atoms with Gasteiger partial charge in [0, 0.05) is 25.0 Å². The van der Waals surface area contributed by atoms with Gasteiger partial charge in [-0.1, -0.05) is 13.8 Å². The van der Waals surface area contributed by atoms with Crippen molar-refractivity contribution in [3.8, 4) is 0 Å². The molecule has 0 spiro atoms. The molecule has 0 aliphatic heterocycles. The monoisotopic (exact) mass is 224 g/mol. The molecule has 0 bridgehead atoms. The Morgan fingerprint density at radius 1 is 1.38 bits per heavy atom. The van der Waals surface area contributed by atoms with E-state index < -0.39 is 0 Å². The van der Waals surface area contributed by atoms with E-state index in [4.69, 9.17) is 0 Å². The molecular weight excluding hydrogens is 200 g/mol. The molecule has 0 amide bonds. The van der Waals surface area contributed by atoms with Gasteiger partial charge in [-0.25, -0.2) is 9.67 Å². The van der Waals surface area contributed by atoms with E-state index in [1.165, 1.54) is 0 Å². The van der Waals surface area contributed by atoms with Crippen LogP contribution in [-0.4, -0.2) is 26.8 Å². The Bertz CT molecular complexity index is 309. The van der Waals surface area contributed by atoms with Crippen LogP contribution in [0.1, 0.15) is 40.4 Å². The molecule has 0 saturated heterocycles. The maximum atomic E-state index is 4.30. The van der Waals surface area contributed by atoms with E-state index in [2.05, 4.69) is 50.0 Å². The molecule has 0 radical (unpaired) electrons. The molecule has 0 atom stereocenters. The van der Waals surface area contributed by atoms with Gasteiger partial charge in [0.25, 0.3) is 0 Å². The summed E-state index contributed by atoms with van der Waals surface area (Å²) in [6, 6.07) is 0. The summed E-state index contributed by atoms with van der Waals surface area (Å²) in [4.78, 5) is 4.30. The van der Waals surface area contributed by atoms with Crippen LogP contribution in [0.4, 0.5) is 0 Å². The van der Waals surface area contributed by atoms with Gasteiger partial charge in [0.2, 0.25) is 0 Å². The molecule has 0 saturated carbocycles. The van der Waals surface area contributed by atoms with Crippen molar-refractivity contribution in [3.05, 3.63) is 12.2 Å². The molecule has 16 heavy (non-hydrogen) atoms. The van der Waals surface area contributed by atoms with Gasteiger partial charge in [-0.3, -0.25) is 0 Å². The molecule has 1 aromatic heterocycles. The van der Waals surface area contributed by atoms with Gasteiger partial charge in [-0.15, -0.1) is 0 Å². The number of nitrogens with zero attached hydrogens (tertiary/aromatic N) is 3. The van der Waals surface area contributed by atoms with E-state index in [1.54, 1.807) is 6.33 Å². The maximum absolute atomic E-state index is 4.30. The van der Waals surface area contributed by atoms with Crippen molar-refractivity contribution in [1.82, 2.24) is 20.1 Å². The molecule has 4 heteroatoms. The maximum Gasteiger partial charge on any atom is 0.138 e. The van der Waals surface area contributed by atoms with Gasteiger partial charge >= 0.3 is 0 Å². The van der Waals surface area contributed by atoms with Crippen molar-refractivity contribution in [2.45, 2.75) is 53.1 Å². The molecule has 0 unspecified atom stereocenters. The number of hydrogen-bond acceptors (Lipinski definition) is 3. The van der Waals surface area contributed by atoms with Gasteiger partial charge in [0.15, 0.2) is 0 Å². The highest BCUT2D eigenvalue weighted by molar-refractivity contribution is 4.87. The number of aromatic nitrogens is 3. The topological polar surface area (TPSA) is 42.7 Å². The van der Waals surface area contributed by atoms with Crippen molar-refractivity contribution in [1.29, 1.82) is 0 Å². The minimum Gasteiger partial charge on any atom is -0.312 e. The fourth-order valence-corrected chi connectivity index (χ4v) is 1.53. The minimum atomic E-state index is 0.170. The second-order valence-corrected chi connectivity index (χ2v) is 5.68. The van der Waals surface area contributed by atoms with Crippen LogP contribution < -0.4 is 5.32 Å². The Morgan fingerprint density at radius 3 is 2.62 bits per heavy atom. The first-order chi connectivity index (χ1) is 7.38. The zero-order chi connectivity index (χ0) is 12.2. The summed E-state index contributed by atoms with van der Waals surface area (Å²) in [6.45, 7) is 12.8. The molecule has 0 aromatic carbocycles. The van der Waals surface area contributed by atoms with Gasteiger partial charge in [-0.05, 0) is 26.7 Å². The third kappa shape index (κ3) is 4.75. The lowest BCUT2D eigenvalue weighted by Crippen LogP contribution is -2.37. The molecule has 4 nitrogen and oxygen atoms in total. The van der Waals surface area contributed by atoms with Crippen LogP contribution in [0, 0.1) is 5.92 Å². The number of nitrogens with one attached hydrogen (secondary N) is 1. The number of hydrogen-bond donors (Lipinski definition) is 1. The van der Waals surface area contributed by atoms with E-state index in [-0.39, 0.29) is 5.54 Å². The fourth-order valence-electron chi connectivity index (χ4n) is 1.53. The zero-order valence-corrected chi connectivity index (χ0v) is 11.1. The Morgan fingerprint density at radius 2 is 2.06 bits per heavy atom. The molecule has 92 valence electrons. The smallest absolute Gasteiger partial charge is 0.138 e. The first-order valence-corrected chi connectivity index (χ1v) is 6.00. The van der Waals surface area contributed by atoms with Crippen LogP contribution in [0.25, 0.3) is 0 Å². The summed E-state index contributed by atoms with van der Waals surface area (Å²) in [5.74, 6) is 1.68. The van der Waals surface area contributed by atoms with Crippen molar-refractivity contribution >= 4 is 0 Å². The lowest BCUT2D eigenvalue weighted by molar-refractivity contribution is 0.416. The van der Waals surface area contributed by atoms with E-state index in [0.717, 1.165) is 25.3 Å². The van der Waals surface area contributed by atoms with E-state index in [9.17, 15) is 0 Å². The summed E-state index contributed by atoms with van der Waals surface area (Å²) < 4.78 is 2.01. The summed E-state index contributed by atoms with van der Waals surface area (Å²) in [5.41, 5.74) is 0.170. The molecule has 0 fully saturated rings. The van der Waals surface area contributed by atoms with Crippen LogP contribution in [0.2, 0.25) is 0 Å². The lowest BCUT2D eigenvalue weighted by Gasteiger charge is -2.20. The van der Waals surface area contributed by atoms with Crippen LogP contribution in [0.3, 0.4) is 0 Å². The Kier molecular flexibility index (Phi) is 4.47. The summed E-state index contributed by atoms with van der Waals surface area (Å²) in [5, 5.41) is 7.71. The first-order valence-electron chi connectivity index (χ1n) is 6.00. The number of rotatable bonds is 5. The van der Waals surface area contributed by atoms with E-state index in [1.807, 2.05) is 4.68 Å². The second kappa shape index (κ2) is 5.43. The highest BCUT2D eigenvalue weighted by Gasteiger charge is 2.10. The summed E-state index contributed by atoms with van der Waals surface area (Å²) >= 11 is 0. The average Bonchev–Trinajstić information content (AvgIpc) is 2.49. The lowest BCUT2D eigenvalue weighted by atomic mass is 10.1. The van der Waals surface area contributed by atoms with Gasteiger partial charge < -0.3 is 5.32 Å². The molecule has 1 N–H and O–H groups in total. The zero-order valence-electron chi connectivity index (χ0n) is 11.1. The first kappa shape index (κ1) is 13.2. The predicted molar refractivity (Wildman–Crippen MR) is 66.3 cm³/mol. The van der Waals surface area contributed by atoms with E-state index >= 15 is 0 Å². The molecular formula is C12H24N4. The van der Waals surface area contributed by atoms with Gasteiger partial charge in [0.1, 0.15) is 12.2 Å². The van der Waals surface area contributed by atoms with Crippen LogP contribution in [-0.2, 0) is 13.0 Å². The van der Waals surface area contributed by atoms with Crippen LogP contribution in [0.15, 0.2) is 6.33 Å². The highest BCUT2D eigenvalue weighted by atomic mass is 15.3. The molecule has 0 aliphatic rings. The van der Waals surface area contributed by atoms with Crippen molar-refractivity contribution in [3.63, 3.8) is 0 Å². The largest absolute Gasteiger partial charge is 0.312 e. The molecule has 1 aromatic rings.